The van der Waals surface area contributed by atoms with E-state index in [1.807, 2.05) is 30.7 Å². The molecular formula is C9H10N2O2. The van der Waals surface area contributed by atoms with E-state index in [0.29, 0.717) is 11.6 Å². The van der Waals surface area contributed by atoms with Gasteiger partial charge in [-0.1, -0.05) is 0 Å². The van der Waals surface area contributed by atoms with Crippen molar-refractivity contribution < 1.29 is 4.42 Å². The van der Waals surface area contributed by atoms with E-state index in [9.17, 15) is 4.79 Å². The lowest BCUT2D eigenvalue weighted by Gasteiger charge is -2.12. The summed E-state index contributed by atoms with van der Waals surface area (Å²) in [6.07, 6.45) is 1.88. The molecule has 0 spiro atoms. The van der Waals surface area contributed by atoms with Crippen LogP contribution in [0.5, 0.6) is 0 Å². The molecule has 0 saturated carbocycles. The molecule has 2 rings (SSSR count). The fourth-order valence-corrected chi connectivity index (χ4v) is 1.31. The van der Waals surface area contributed by atoms with Gasteiger partial charge in [-0.25, -0.2) is 4.79 Å². The van der Waals surface area contributed by atoms with Gasteiger partial charge in [0.05, 0.1) is 0 Å². The van der Waals surface area contributed by atoms with Crippen molar-refractivity contribution in [3.8, 4) is 11.6 Å². The highest BCUT2D eigenvalue weighted by Crippen LogP contribution is 2.20. The molecule has 2 heterocycles. The number of hydrogen-bond donors (Lipinski definition) is 0. The Kier molecular flexibility index (Phi) is 1.69. The topological polar surface area (TPSA) is 48.0 Å². The zero-order valence-corrected chi connectivity index (χ0v) is 7.52. The highest BCUT2D eigenvalue weighted by atomic mass is 16.4. The minimum atomic E-state index is -0.532. The molecule has 0 N–H and O–H groups in total. The van der Waals surface area contributed by atoms with Crippen LogP contribution in [-0.4, -0.2) is 9.55 Å². The molecule has 4 heteroatoms. The Morgan fingerprint density at radius 3 is 3.00 bits per heavy atom. The van der Waals surface area contributed by atoms with E-state index in [0.717, 1.165) is 0 Å². The maximum absolute atomic E-state index is 10.9. The van der Waals surface area contributed by atoms with Crippen molar-refractivity contribution in [3.63, 3.8) is 0 Å². The first-order valence-corrected chi connectivity index (χ1v) is 4.16. The molecule has 0 unspecified atom stereocenters. The van der Waals surface area contributed by atoms with Crippen molar-refractivity contribution >= 4 is 0 Å². The summed E-state index contributed by atoms with van der Waals surface area (Å²) in [7, 11) is 0. The van der Waals surface area contributed by atoms with Gasteiger partial charge in [0.1, 0.15) is 0 Å². The summed E-state index contributed by atoms with van der Waals surface area (Å²) in [5.74, 6) is 0.624. The van der Waals surface area contributed by atoms with Crippen molar-refractivity contribution in [1.82, 2.24) is 9.55 Å². The van der Waals surface area contributed by atoms with Gasteiger partial charge in [-0.05, 0) is 26.0 Å². The molecule has 4 nitrogen and oxygen atoms in total. The molecule has 2 aliphatic rings. The lowest BCUT2D eigenvalue weighted by Crippen LogP contribution is -2.06. The summed E-state index contributed by atoms with van der Waals surface area (Å²) in [6, 6.07) is 3.85. The van der Waals surface area contributed by atoms with Crippen molar-refractivity contribution in [3.05, 3.63) is 28.9 Å². The summed E-state index contributed by atoms with van der Waals surface area (Å²) >= 11 is 0. The molecule has 0 aliphatic carbocycles. The SMILES string of the molecule is CC(C)n1cccc2oc(=O)nc1-2. The maximum Gasteiger partial charge on any atom is 0.441 e. The van der Waals surface area contributed by atoms with Gasteiger partial charge in [0.2, 0.25) is 0 Å². The molecule has 0 bridgehead atoms. The predicted octanol–water partition coefficient (Wildman–Crippen LogP) is 1.52. The second kappa shape index (κ2) is 2.73. The largest absolute Gasteiger partial charge is 0.441 e. The van der Waals surface area contributed by atoms with Crippen molar-refractivity contribution in [2.45, 2.75) is 19.9 Å². The van der Waals surface area contributed by atoms with Crippen LogP contribution in [-0.2, 0) is 0 Å². The first-order chi connectivity index (χ1) is 6.18. The van der Waals surface area contributed by atoms with Crippen LogP contribution in [0.1, 0.15) is 19.9 Å². The van der Waals surface area contributed by atoms with Crippen LogP contribution in [0.2, 0.25) is 0 Å². The summed E-state index contributed by atoms with van der Waals surface area (Å²) in [5, 5.41) is 0. The third-order valence-corrected chi connectivity index (χ3v) is 1.91. The summed E-state index contributed by atoms with van der Waals surface area (Å²) in [4.78, 5) is 14.6. The molecule has 0 aromatic heterocycles. The number of hydrogen-bond acceptors (Lipinski definition) is 3. The van der Waals surface area contributed by atoms with Gasteiger partial charge >= 0.3 is 5.76 Å². The Hall–Kier alpha value is -1.58. The van der Waals surface area contributed by atoms with Crippen molar-refractivity contribution in [2.24, 2.45) is 0 Å². The molecule has 0 amide bonds. The summed E-state index contributed by atoms with van der Waals surface area (Å²) in [5.41, 5.74) is 0. The maximum atomic E-state index is 10.9. The average Bonchev–Trinajstić information content (AvgIpc) is 2.43. The zero-order valence-electron chi connectivity index (χ0n) is 7.52. The van der Waals surface area contributed by atoms with E-state index >= 15 is 0 Å². The van der Waals surface area contributed by atoms with Crippen LogP contribution >= 0.6 is 0 Å². The molecule has 0 radical (unpaired) electrons. The lowest BCUT2D eigenvalue weighted by atomic mass is 10.3. The Morgan fingerprint density at radius 1 is 1.54 bits per heavy atom. The molecule has 0 atom stereocenters. The molecule has 0 fully saturated rings. The number of oxazole rings is 1. The van der Waals surface area contributed by atoms with E-state index in [-0.39, 0.29) is 6.04 Å². The standard InChI is InChI=1S/C9H10N2O2/c1-6(2)11-5-3-4-7-8(11)10-9(12)13-7/h3-6H,1-2H3. The van der Waals surface area contributed by atoms with Gasteiger partial charge in [-0.3, -0.25) is 0 Å². The molecule has 68 valence electrons. The summed E-state index contributed by atoms with van der Waals surface area (Å²) < 4.78 is 6.77. The smallest absolute Gasteiger partial charge is 0.405 e. The Balaban J connectivity index is 2.73. The van der Waals surface area contributed by atoms with Gasteiger partial charge in [-0.2, -0.15) is 4.98 Å². The quantitative estimate of drug-likeness (QED) is 0.665. The molecule has 2 aliphatic heterocycles. The van der Waals surface area contributed by atoms with Crippen LogP contribution in [0.3, 0.4) is 0 Å². The lowest BCUT2D eigenvalue weighted by molar-refractivity contribution is 0.526. The number of fused-ring (bicyclic) bond motifs is 1. The monoisotopic (exact) mass is 178 g/mol. The fraction of sp³-hybridized carbons (Fsp3) is 0.333. The number of aromatic nitrogens is 2. The van der Waals surface area contributed by atoms with E-state index in [1.165, 1.54) is 0 Å². The van der Waals surface area contributed by atoms with Crippen LogP contribution in [0.15, 0.2) is 27.5 Å². The molecule has 0 aromatic carbocycles. The van der Waals surface area contributed by atoms with E-state index in [1.54, 1.807) is 6.07 Å². The van der Waals surface area contributed by atoms with Gasteiger partial charge in [0.25, 0.3) is 0 Å². The minimum absolute atomic E-state index is 0.271. The van der Waals surface area contributed by atoms with Crippen LogP contribution in [0.25, 0.3) is 11.6 Å². The second-order valence-corrected chi connectivity index (χ2v) is 3.18. The Labute approximate surface area is 75.2 Å². The number of nitrogens with zero attached hydrogens (tertiary/aromatic N) is 2. The predicted molar refractivity (Wildman–Crippen MR) is 47.8 cm³/mol. The molecule has 0 saturated heterocycles. The first kappa shape index (κ1) is 8.04. The number of pyridine rings is 1. The average molecular weight is 178 g/mol. The van der Waals surface area contributed by atoms with Gasteiger partial charge in [-0.15, -0.1) is 0 Å². The summed E-state index contributed by atoms with van der Waals surface area (Å²) in [6.45, 7) is 4.05. The van der Waals surface area contributed by atoms with Gasteiger partial charge in [0, 0.05) is 12.2 Å². The van der Waals surface area contributed by atoms with Gasteiger partial charge in [0.15, 0.2) is 11.6 Å². The van der Waals surface area contributed by atoms with Crippen LogP contribution < -0.4 is 5.76 Å². The first-order valence-electron chi connectivity index (χ1n) is 4.16. The highest BCUT2D eigenvalue weighted by Gasteiger charge is 2.14. The van der Waals surface area contributed by atoms with Gasteiger partial charge < -0.3 is 8.98 Å². The highest BCUT2D eigenvalue weighted by molar-refractivity contribution is 5.47. The van der Waals surface area contributed by atoms with Crippen LogP contribution in [0, 0.1) is 0 Å². The normalized spacial score (nSPS) is 11.3. The molecular weight excluding hydrogens is 168 g/mol. The second-order valence-electron chi connectivity index (χ2n) is 3.18. The third kappa shape index (κ3) is 1.24. The Morgan fingerprint density at radius 2 is 2.31 bits per heavy atom. The van der Waals surface area contributed by atoms with E-state index in [4.69, 9.17) is 4.42 Å². The Bertz CT molecular complexity index is 441. The van der Waals surface area contributed by atoms with E-state index < -0.39 is 5.76 Å². The minimum Gasteiger partial charge on any atom is -0.405 e. The van der Waals surface area contributed by atoms with Crippen molar-refractivity contribution in [1.29, 1.82) is 0 Å². The molecule has 13 heavy (non-hydrogen) atoms. The molecule has 0 aromatic rings. The zero-order chi connectivity index (χ0) is 9.42. The number of rotatable bonds is 1. The van der Waals surface area contributed by atoms with E-state index in [2.05, 4.69) is 4.98 Å². The van der Waals surface area contributed by atoms with Crippen molar-refractivity contribution in [2.75, 3.05) is 0 Å². The fourth-order valence-electron chi connectivity index (χ4n) is 1.31. The van der Waals surface area contributed by atoms with Crippen LogP contribution in [0.4, 0.5) is 0 Å². The third-order valence-electron chi connectivity index (χ3n) is 1.91.